The standard InChI is InChI=1S/C17H23N3O3/c1-12-11-16(19-23-12)18-17(21)9-10-20(3)13(2)14-7-5-6-8-15(14)22-4/h5-8,11,13H,9-10H2,1-4H3,(H,18,19,21). The third-order valence-electron chi connectivity index (χ3n) is 3.84. The fourth-order valence-corrected chi connectivity index (χ4v) is 2.35. The van der Waals surface area contributed by atoms with Crippen LogP contribution in [0.3, 0.4) is 0 Å². The summed E-state index contributed by atoms with van der Waals surface area (Å²) < 4.78 is 10.3. The molecule has 0 radical (unpaired) electrons. The highest BCUT2D eigenvalue weighted by molar-refractivity contribution is 5.89. The van der Waals surface area contributed by atoms with E-state index >= 15 is 0 Å². The van der Waals surface area contributed by atoms with Crippen LogP contribution in [0.15, 0.2) is 34.9 Å². The van der Waals surface area contributed by atoms with Gasteiger partial charge in [-0.2, -0.15) is 0 Å². The van der Waals surface area contributed by atoms with Crippen LogP contribution in [0.4, 0.5) is 5.82 Å². The summed E-state index contributed by atoms with van der Waals surface area (Å²) in [5.41, 5.74) is 1.10. The SMILES string of the molecule is COc1ccccc1C(C)N(C)CCC(=O)Nc1cc(C)on1. The summed E-state index contributed by atoms with van der Waals surface area (Å²) in [6.07, 6.45) is 0.377. The Labute approximate surface area is 136 Å². The van der Waals surface area contributed by atoms with E-state index in [-0.39, 0.29) is 11.9 Å². The number of nitrogens with zero attached hydrogens (tertiary/aromatic N) is 2. The number of aryl methyl sites for hydroxylation is 1. The highest BCUT2D eigenvalue weighted by Gasteiger charge is 2.16. The third kappa shape index (κ3) is 4.56. The number of nitrogens with one attached hydrogen (secondary N) is 1. The Morgan fingerprint density at radius 2 is 2.17 bits per heavy atom. The van der Waals surface area contributed by atoms with E-state index in [1.165, 1.54) is 0 Å². The molecule has 1 atom stereocenters. The number of rotatable bonds is 7. The van der Waals surface area contributed by atoms with Crippen molar-refractivity contribution in [3.8, 4) is 5.75 Å². The van der Waals surface area contributed by atoms with E-state index in [1.54, 1.807) is 20.1 Å². The summed E-state index contributed by atoms with van der Waals surface area (Å²) in [5.74, 6) is 1.89. The van der Waals surface area contributed by atoms with Crippen LogP contribution in [0.25, 0.3) is 0 Å². The van der Waals surface area contributed by atoms with Crippen molar-refractivity contribution >= 4 is 11.7 Å². The first kappa shape index (κ1) is 17.0. The number of carbonyl (C=O) groups is 1. The van der Waals surface area contributed by atoms with Crippen molar-refractivity contribution < 1.29 is 14.1 Å². The van der Waals surface area contributed by atoms with Gasteiger partial charge in [-0.05, 0) is 27.0 Å². The van der Waals surface area contributed by atoms with Crippen LogP contribution in [0, 0.1) is 6.92 Å². The van der Waals surface area contributed by atoms with Gasteiger partial charge in [-0.25, -0.2) is 0 Å². The first-order valence-corrected chi connectivity index (χ1v) is 7.57. The molecular formula is C17H23N3O3. The minimum Gasteiger partial charge on any atom is -0.496 e. The molecule has 124 valence electrons. The van der Waals surface area contributed by atoms with Crippen molar-refractivity contribution in [2.24, 2.45) is 0 Å². The first-order chi connectivity index (χ1) is 11.0. The Hall–Kier alpha value is -2.34. The molecule has 0 bridgehead atoms. The van der Waals surface area contributed by atoms with E-state index in [2.05, 4.69) is 22.3 Å². The van der Waals surface area contributed by atoms with Crippen LogP contribution in [0.2, 0.25) is 0 Å². The second-order valence-corrected chi connectivity index (χ2v) is 5.52. The van der Waals surface area contributed by atoms with Gasteiger partial charge in [-0.3, -0.25) is 9.69 Å². The lowest BCUT2D eigenvalue weighted by Gasteiger charge is -2.26. The largest absolute Gasteiger partial charge is 0.496 e. The van der Waals surface area contributed by atoms with Crippen LogP contribution in [-0.2, 0) is 4.79 Å². The van der Waals surface area contributed by atoms with Gasteiger partial charge in [0, 0.05) is 30.6 Å². The Bertz CT molecular complexity index is 654. The summed E-state index contributed by atoms with van der Waals surface area (Å²) in [7, 11) is 3.66. The van der Waals surface area contributed by atoms with Crippen LogP contribution < -0.4 is 10.1 Å². The van der Waals surface area contributed by atoms with E-state index in [1.807, 2.05) is 31.3 Å². The number of anilines is 1. The lowest BCUT2D eigenvalue weighted by molar-refractivity contribution is -0.116. The topological polar surface area (TPSA) is 67.6 Å². The third-order valence-corrected chi connectivity index (χ3v) is 3.84. The van der Waals surface area contributed by atoms with Crippen molar-refractivity contribution in [1.82, 2.24) is 10.1 Å². The quantitative estimate of drug-likeness (QED) is 0.850. The van der Waals surface area contributed by atoms with Gasteiger partial charge in [0.2, 0.25) is 5.91 Å². The maximum atomic E-state index is 12.0. The number of aromatic nitrogens is 1. The number of hydrogen-bond acceptors (Lipinski definition) is 5. The summed E-state index contributed by atoms with van der Waals surface area (Å²) in [6.45, 7) is 4.50. The Balaban J connectivity index is 1.88. The zero-order chi connectivity index (χ0) is 16.8. The molecule has 0 fully saturated rings. The zero-order valence-electron chi connectivity index (χ0n) is 14.0. The molecule has 6 nitrogen and oxygen atoms in total. The molecular weight excluding hydrogens is 294 g/mol. The van der Waals surface area contributed by atoms with Gasteiger partial charge in [0.05, 0.1) is 7.11 Å². The molecule has 1 heterocycles. The van der Waals surface area contributed by atoms with Crippen molar-refractivity contribution in [3.05, 3.63) is 41.7 Å². The van der Waals surface area contributed by atoms with E-state index in [9.17, 15) is 4.79 Å². The highest BCUT2D eigenvalue weighted by atomic mass is 16.5. The number of methoxy groups -OCH3 is 1. The molecule has 2 aromatic rings. The summed E-state index contributed by atoms with van der Waals surface area (Å²) in [5, 5.41) is 6.48. The van der Waals surface area contributed by atoms with Crippen LogP contribution >= 0.6 is 0 Å². The monoisotopic (exact) mass is 317 g/mol. The molecule has 23 heavy (non-hydrogen) atoms. The molecule has 0 saturated heterocycles. The average molecular weight is 317 g/mol. The number of carbonyl (C=O) groups excluding carboxylic acids is 1. The van der Waals surface area contributed by atoms with Crippen molar-refractivity contribution in [2.45, 2.75) is 26.3 Å². The molecule has 0 saturated carbocycles. The number of ether oxygens (including phenoxy) is 1. The molecule has 1 aromatic heterocycles. The molecule has 2 rings (SSSR count). The van der Waals surface area contributed by atoms with Crippen molar-refractivity contribution in [2.75, 3.05) is 26.0 Å². The van der Waals surface area contributed by atoms with Crippen LogP contribution in [-0.4, -0.2) is 36.7 Å². The molecule has 0 spiro atoms. The van der Waals surface area contributed by atoms with Gasteiger partial charge in [0.25, 0.3) is 0 Å². The second-order valence-electron chi connectivity index (χ2n) is 5.52. The van der Waals surface area contributed by atoms with Crippen LogP contribution in [0.5, 0.6) is 5.75 Å². The van der Waals surface area contributed by atoms with Gasteiger partial charge in [-0.15, -0.1) is 0 Å². The molecule has 1 N–H and O–H groups in total. The fraction of sp³-hybridized carbons (Fsp3) is 0.412. The predicted octanol–water partition coefficient (Wildman–Crippen LogP) is 3.01. The molecule has 0 aliphatic heterocycles. The lowest BCUT2D eigenvalue weighted by Crippen LogP contribution is -2.27. The number of benzene rings is 1. The minimum absolute atomic E-state index is 0.0858. The van der Waals surface area contributed by atoms with E-state index in [0.29, 0.717) is 24.5 Å². The van der Waals surface area contributed by atoms with E-state index < -0.39 is 0 Å². The molecule has 1 unspecified atom stereocenters. The zero-order valence-corrected chi connectivity index (χ0v) is 14.0. The van der Waals surface area contributed by atoms with Crippen LogP contribution in [0.1, 0.15) is 30.7 Å². The molecule has 1 aromatic carbocycles. The normalized spacial score (nSPS) is 12.2. The number of amides is 1. The Morgan fingerprint density at radius 1 is 1.43 bits per heavy atom. The lowest BCUT2D eigenvalue weighted by atomic mass is 10.1. The highest BCUT2D eigenvalue weighted by Crippen LogP contribution is 2.28. The molecule has 1 amide bonds. The summed E-state index contributed by atoms with van der Waals surface area (Å²) >= 11 is 0. The fourth-order valence-electron chi connectivity index (χ4n) is 2.35. The van der Waals surface area contributed by atoms with Gasteiger partial charge in [0.1, 0.15) is 11.5 Å². The van der Waals surface area contributed by atoms with Gasteiger partial charge < -0.3 is 14.6 Å². The van der Waals surface area contributed by atoms with E-state index in [4.69, 9.17) is 9.26 Å². The summed E-state index contributed by atoms with van der Waals surface area (Å²) in [6, 6.07) is 9.76. The molecule has 6 heteroatoms. The van der Waals surface area contributed by atoms with E-state index in [0.717, 1.165) is 11.3 Å². The van der Waals surface area contributed by atoms with Gasteiger partial charge in [-0.1, -0.05) is 23.4 Å². The number of para-hydroxylation sites is 1. The average Bonchev–Trinajstić information content (AvgIpc) is 2.96. The number of hydrogen-bond donors (Lipinski definition) is 1. The smallest absolute Gasteiger partial charge is 0.226 e. The maximum Gasteiger partial charge on any atom is 0.226 e. The molecule has 0 aliphatic carbocycles. The maximum absolute atomic E-state index is 12.0. The summed E-state index contributed by atoms with van der Waals surface area (Å²) in [4.78, 5) is 14.1. The minimum atomic E-state index is -0.0858. The van der Waals surface area contributed by atoms with Gasteiger partial charge >= 0.3 is 0 Å². The Morgan fingerprint density at radius 3 is 2.83 bits per heavy atom. The first-order valence-electron chi connectivity index (χ1n) is 7.57. The Kier molecular flexibility index (Phi) is 5.76. The predicted molar refractivity (Wildman–Crippen MR) is 88.5 cm³/mol. The molecule has 0 aliphatic rings. The van der Waals surface area contributed by atoms with Gasteiger partial charge in [0.15, 0.2) is 5.82 Å². The van der Waals surface area contributed by atoms with Crippen molar-refractivity contribution in [3.63, 3.8) is 0 Å². The van der Waals surface area contributed by atoms with Crippen molar-refractivity contribution in [1.29, 1.82) is 0 Å². The second kappa shape index (κ2) is 7.78.